The van der Waals surface area contributed by atoms with Gasteiger partial charge in [-0.1, -0.05) is 50.2 Å². The number of aromatic nitrogens is 1. The molecule has 1 atom stereocenters. The maximum absolute atomic E-state index is 3.73. The molecule has 3 aromatic rings. The van der Waals surface area contributed by atoms with Gasteiger partial charge in [0.15, 0.2) is 0 Å². The lowest BCUT2D eigenvalue weighted by Crippen LogP contribution is -2.25. The Morgan fingerprint density at radius 3 is 2.52 bits per heavy atom. The number of fused-ring (bicyclic) bond motifs is 2. The van der Waals surface area contributed by atoms with Gasteiger partial charge in [0.2, 0.25) is 0 Å². The third-order valence-corrected chi connectivity index (χ3v) is 4.88. The summed E-state index contributed by atoms with van der Waals surface area (Å²) in [6.07, 6.45) is 2.27. The van der Waals surface area contributed by atoms with Crippen LogP contribution in [-0.2, 0) is 12.5 Å². The molecule has 0 bridgehead atoms. The molecule has 0 saturated carbocycles. The van der Waals surface area contributed by atoms with E-state index in [0.717, 1.165) is 0 Å². The van der Waals surface area contributed by atoms with E-state index in [1.807, 2.05) is 0 Å². The smallest absolute Gasteiger partial charge is 0.0627 e. The Morgan fingerprint density at radius 1 is 1.00 bits per heavy atom. The van der Waals surface area contributed by atoms with Crippen molar-refractivity contribution in [3.63, 3.8) is 0 Å². The summed E-state index contributed by atoms with van der Waals surface area (Å²) >= 11 is 0. The molecular weight excluding hydrogens is 256 g/mol. The van der Waals surface area contributed by atoms with Gasteiger partial charge in [-0.05, 0) is 17.7 Å². The van der Waals surface area contributed by atoms with E-state index in [4.69, 9.17) is 0 Å². The molecule has 0 fully saturated rings. The maximum Gasteiger partial charge on any atom is 0.0627 e. The van der Waals surface area contributed by atoms with Gasteiger partial charge in [-0.15, -0.1) is 0 Å². The summed E-state index contributed by atoms with van der Waals surface area (Å²) in [5.74, 6) is 0. The molecule has 1 unspecified atom stereocenters. The molecule has 106 valence electrons. The highest BCUT2D eigenvalue weighted by Gasteiger charge is 2.40. The fourth-order valence-electron chi connectivity index (χ4n) is 3.73. The van der Waals surface area contributed by atoms with Gasteiger partial charge in [0.05, 0.1) is 6.04 Å². The zero-order chi connectivity index (χ0) is 14.6. The first kappa shape index (κ1) is 12.5. The van der Waals surface area contributed by atoms with Crippen LogP contribution in [0.2, 0.25) is 0 Å². The molecular formula is C19H20N2. The van der Waals surface area contributed by atoms with Gasteiger partial charge in [-0.25, -0.2) is 0 Å². The lowest BCUT2D eigenvalue weighted by molar-refractivity contribution is 0.475. The average molecular weight is 276 g/mol. The lowest BCUT2D eigenvalue weighted by Gasteiger charge is -2.27. The number of hydrogen-bond donors (Lipinski definition) is 1. The molecule has 1 aromatic heterocycles. The van der Waals surface area contributed by atoms with E-state index in [1.54, 1.807) is 0 Å². The van der Waals surface area contributed by atoms with Crippen LogP contribution in [0.3, 0.4) is 0 Å². The van der Waals surface area contributed by atoms with Crippen molar-refractivity contribution in [1.29, 1.82) is 0 Å². The minimum atomic E-state index is 0.0840. The Hall–Kier alpha value is -2.22. The number of rotatable bonds is 1. The van der Waals surface area contributed by atoms with Crippen molar-refractivity contribution < 1.29 is 0 Å². The number of benzene rings is 2. The van der Waals surface area contributed by atoms with Crippen molar-refractivity contribution in [3.8, 4) is 0 Å². The summed E-state index contributed by atoms with van der Waals surface area (Å²) < 4.78 is 2.23. The number of hydrogen-bond acceptors (Lipinski definition) is 1. The van der Waals surface area contributed by atoms with Crippen molar-refractivity contribution in [2.45, 2.75) is 25.3 Å². The van der Waals surface area contributed by atoms with Gasteiger partial charge in [-0.2, -0.15) is 0 Å². The van der Waals surface area contributed by atoms with Gasteiger partial charge in [0, 0.05) is 40.8 Å². The van der Waals surface area contributed by atoms with Gasteiger partial charge < -0.3 is 9.88 Å². The molecule has 0 amide bonds. The second-order valence-electron chi connectivity index (χ2n) is 6.56. The number of anilines is 1. The van der Waals surface area contributed by atoms with Crippen LogP contribution in [0.15, 0.2) is 54.7 Å². The van der Waals surface area contributed by atoms with E-state index in [9.17, 15) is 0 Å². The maximum atomic E-state index is 3.73. The topological polar surface area (TPSA) is 17.0 Å². The first-order valence-corrected chi connectivity index (χ1v) is 7.49. The standard InChI is InChI=1S/C19H20N2/c1-19(2)15-9-5-6-10-16(15)20-18(19)14-12-21(3)17-11-7-4-8-13(14)17/h4-12,18,20H,1-3H3. The molecule has 2 aromatic carbocycles. The fraction of sp³-hybridized carbons (Fsp3) is 0.263. The molecule has 1 aliphatic rings. The molecule has 0 radical (unpaired) electrons. The molecule has 0 aliphatic carbocycles. The molecule has 4 rings (SSSR count). The van der Waals surface area contributed by atoms with Gasteiger partial charge in [0.1, 0.15) is 0 Å². The highest BCUT2D eigenvalue weighted by molar-refractivity contribution is 5.85. The molecule has 1 aliphatic heterocycles. The number of nitrogens with zero attached hydrogens (tertiary/aromatic N) is 1. The van der Waals surface area contributed by atoms with Crippen LogP contribution in [0.1, 0.15) is 31.0 Å². The van der Waals surface area contributed by atoms with Crippen LogP contribution in [0.4, 0.5) is 5.69 Å². The van der Waals surface area contributed by atoms with Crippen molar-refractivity contribution >= 4 is 16.6 Å². The average Bonchev–Trinajstić information content (AvgIpc) is 2.95. The Labute approximate surface area is 125 Å². The quantitative estimate of drug-likeness (QED) is 0.686. The van der Waals surface area contributed by atoms with Crippen LogP contribution >= 0.6 is 0 Å². The van der Waals surface area contributed by atoms with Crippen LogP contribution in [-0.4, -0.2) is 4.57 Å². The molecule has 2 heterocycles. The summed E-state index contributed by atoms with van der Waals surface area (Å²) in [7, 11) is 2.13. The Kier molecular flexibility index (Phi) is 2.47. The van der Waals surface area contributed by atoms with Gasteiger partial charge in [-0.3, -0.25) is 0 Å². The van der Waals surface area contributed by atoms with Crippen LogP contribution in [0, 0.1) is 0 Å². The number of nitrogens with one attached hydrogen (secondary N) is 1. The molecule has 2 heteroatoms. The van der Waals surface area contributed by atoms with E-state index < -0.39 is 0 Å². The van der Waals surface area contributed by atoms with E-state index in [2.05, 4.69) is 85.5 Å². The van der Waals surface area contributed by atoms with E-state index in [-0.39, 0.29) is 5.41 Å². The van der Waals surface area contributed by atoms with Gasteiger partial charge in [0.25, 0.3) is 0 Å². The van der Waals surface area contributed by atoms with E-state index >= 15 is 0 Å². The molecule has 1 N–H and O–H groups in total. The first-order valence-electron chi connectivity index (χ1n) is 7.49. The number of para-hydroxylation sites is 2. The first-order chi connectivity index (χ1) is 10.1. The molecule has 2 nitrogen and oxygen atoms in total. The Morgan fingerprint density at radius 2 is 1.71 bits per heavy atom. The highest BCUT2D eigenvalue weighted by Crippen LogP contribution is 2.49. The molecule has 0 spiro atoms. The van der Waals surface area contributed by atoms with Crippen LogP contribution < -0.4 is 5.32 Å². The summed E-state index contributed by atoms with van der Waals surface area (Å²) in [4.78, 5) is 0. The summed E-state index contributed by atoms with van der Waals surface area (Å²) in [5, 5.41) is 5.08. The highest BCUT2D eigenvalue weighted by atomic mass is 15.0. The third kappa shape index (κ3) is 1.65. The lowest BCUT2D eigenvalue weighted by atomic mass is 9.78. The summed E-state index contributed by atoms with van der Waals surface area (Å²) in [5.41, 5.74) is 5.43. The van der Waals surface area contributed by atoms with E-state index in [0.29, 0.717) is 6.04 Å². The predicted molar refractivity (Wildman–Crippen MR) is 88.8 cm³/mol. The Balaban J connectivity index is 1.92. The fourth-order valence-corrected chi connectivity index (χ4v) is 3.73. The zero-order valence-electron chi connectivity index (χ0n) is 12.7. The van der Waals surface area contributed by atoms with Crippen molar-refractivity contribution in [2.24, 2.45) is 7.05 Å². The van der Waals surface area contributed by atoms with Crippen LogP contribution in [0.25, 0.3) is 10.9 Å². The number of aryl methyl sites for hydroxylation is 1. The summed E-state index contributed by atoms with van der Waals surface area (Å²) in [6, 6.07) is 17.6. The SMILES string of the molecule is Cn1cc(C2Nc3ccccc3C2(C)C)c2ccccc21. The summed E-state index contributed by atoms with van der Waals surface area (Å²) in [6.45, 7) is 4.66. The minimum absolute atomic E-state index is 0.0840. The van der Waals surface area contributed by atoms with E-state index in [1.165, 1.54) is 27.7 Å². The molecule has 21 heavy (non-hydrogen) atoms. The van der Waals surface area contributed by atoms with Crippen molar-refractivity contribution in [3.05, 3.63) is 65.9 Å². The van der Waals surface area contributed by atoms with Crippen LogP contribution in [0.5, 0.6) is 0 Å². The zero-order valence-corrected chi connectivity index (χ0v) is 12.7. The Bertz CT molecular complexity index is 826. The van der Waals surface area contributed by atoms with Crippen molar-refractivity contribution in [2.75, 3.05) is 5.32 Å². The third-order valence-electron chi connectivity index (χ3n) is 4.88. The predicted octanol–water partition coefficient (Wildman–Crippen LogP) is 4.62. The second-order valence-corrected chi connectivity index (χ2v) is 6.56. The minimum Gasteiger partial charge on any atom is -0.377 e. The normalized spacial score (nSPS) is 19.5. The van der Waals surface area contributed by atoms with Gasteiger partial charge >= 0.3 is 0 Å². The van der Waals surface area contributed by atoms with Crippen molar-refractivity contribution in [1.82, 2.24) is 4.57 Å². The monoisotopic (exact) mass is 276 g/mol. The molecule has 0 saturated heterocycles. The second kappa shape index (κ2) is 4.14. The largest absolute Gasteiger partial charge is 0.377 e.